The van der Waals surface area contributed by atoms with Gasteiger partial charge in [-0.1, -0.05) is 6.92 Å². The van der Waals surface area contributed by atoms with Crippen molar-refractivity contribution in [3.8, 4) is 0 Å². The van der Waals surface area contributed by atoms with Crippen molar-refractivity contribution >= 4 is 10.0 Å². The van der Waals surface area contributed by atoms with Crippen LogP contribution in [0.25, 0.3) is 0 Å². The molecule has 0 fully saturated rings. The molecule has 0 aromatic carbocycles. The van der Waals surface area contributed by atoms with E-state index in [1.54, 1.807) is 18.3 Å². The molecule has 0 aliphatic rings. The zero-order valence-electron chi connectivity index (χ0n) is 6.61. The van der Waals surface area contributed by atoms with E-state index in [0.29, 0.717) is 0 Å². The molecule has 1 aromatic rings. The van der Waals surface area contributed by atoms with Crippen molar-refractivity contribution in [2.45, 2.75) is 13.3 Å². The van der Waals surface area contributed by atoms with Gasteiger partial charge in [0, 0.05) is 11.9 Å². The Kier molecular flexibility index (Phi) is 2.04. The molecule has 4 heteroatoms. The van der Waals surface area contributed by atoms with E-state index in [9.17, 15) is 8.42 Å². The summed E-state index contributed by atoms with van der Waals surface area (Å²) in [5, 5.41) is 0. The number of aryl methyl sites for hydroxylation is 1. The van der Waals surface area contributed by atoms with E-state index in [1.165, 1.54) is 10.2 Å². The summed E-state index contributed by atoms with van der Waals surface area (Å²) < 4.78 is 23.4. The minimum atomic E-state index is -3.09. The second-order valence-electron chi connectivity index (χ2n) is 2.41. The van der Waals surface area contributed by atoms with Gasteiger partial charge in [-0.3, -0.25) is 3.97 Å². The van der Waals surface area contributed by atoms with Crippen molar-refractivity contribution in [3.05, 3.63) is 24.0 Å². The molecular weight excluding hydrogens is 162 g/mol. The third kappa shape index (κ3) is 1.63. The van der Waals surface area contributed by atoms with Crippen LogP contribution in [0, 0.1) is 0 Å². The van der Waals surface area contributed by atoms with E-state index < -0.39 is 10.0 Å². The molecule has 1 aromatic heterocycles. The molecule has 62 valence electrons. The molecule has 3 nitrogen and oxygen atoms in total. The van der Waals surface area contributed by atoms with Crippen LogP contribution in [0.4, 0.5) is 0 Å². The molecule has 11 heavy (non-hydrogen) atoms. The quantitative estimate of drug-likeness (QED) is 0.665. The summed E-state index contributed by atoms with van der Waals surface area (Å²) in [5.74, 6) is 0. The summed E-state index contributed by atoms with van der Waals surface area (Å²) in [6, 6.07) is 3.54. The molecular formula is C7H11NO2S. The third-order valence-corrected chi connectivity index (χ3v) is 2.58. The Labute approximate surface area is 66.7 Å². The van der Waals surface area contributed by atoms with Gasteiger partial charge in [0.05, 0.1) is 6.26 Å². The van der Waals surface area contributed by atoms with Crippen LogP contribution in [0.3, 0.4) is 0 Å². The van der Waals surface area contributed by atoms with Crippen molar-refractivity contribution in [2.75, 3.05) is 6.26 Å². The molecule has 0 saturated carbocycles. The van der Waals surface area contributed by atoms with Crippen LogP contribution in [-0.2, 0) is 16.4 Å². The highest BCUT2D eigenvalue weighted by molar-refractivity contribution is 7.89. The van der Waals surface area contributed by atoms with Gasteiger partial charge in [0.1, 0.15) is 0 Å². The molecule has 0 unspecified atom stereocenters. The number of rotatable bonds is 2. The summed E-state index contributed by atoms with van der Waals surface area (Å²) in [7, 11) is -3.09. The Morgan fingerprint density at radius 3 is 2.55 bits per heavy atom. The summed E-state index contributed by atoms with van der Waals surface area (Å²) in [6.45, 7) is 1.93. The molecule has 1 heterocycles. The van der Waals surface area contributed by atoms with Crippen molar-refractivity contribution in [1.82, 2.24) is 3.97 Å². The number of aromatic nitrogens is 1. The standard InChI is InChI=1S/C7H11NO2S/c1-3-7-5-4-6-8(7)11(2,9)10/h4-6H,3H2,1-2H3. The molecule has 0 spiro atoms. The van der Waals surface area contributed by atoms with E-state index in [2.05, 4.69) is 0 Å². The smallest absolute Gasteiger partial charge is 0.235 e. The van der Waals surface area contributed by atoms with Gasteiger partial charge in [0.15, 0.2) is 0 Å². The lowest BCUT2D eigenvalue weighted by atomic mass is 10.3. The molecule has 0 bridgehead atoms. The van der Waals surface area contributed by atoms with Gasteiger partial charge in [0.25, 0.3) is 0 Å². The average molecular weight is 173 g/mol. The van der Waals surface area contributed by atoms with Crippen molar-refractivity contribution < 1.29 is 8.42 Å². The second kappa shape index (κ2) is 2.70. The van der Waals surface area contributed by atoms with Crippen LogP contribution in [0.5, 0.6) is 0 Å². The maximum absolute atomic E-state index is 11.0. The summed E-state index contributed by atoms with van der Waals surface area (Å²) >= 11 is 0. The van der Waals surface area contributed by atoms with Gasteiger partial charge in [-0.25, -0.2) is 8.42 Å². The van der Waals surface area contributed by atoms with Gasteiger partial charge in [-0.15, -0.1) is 0 Å². The van der Waals surface area contributed by atoms with Crippen molar-refractivity contribution in [2.24, 2.45) is 0 Å². The molecule has 0 radical (unpaired) electrons. The number of hydrogen-bond acceptors (Lipinski definition) is 2. The highest BCUT2D eigenvalue weighted by Crippen LogP contribution is 2.05. The van der Waals surface area contributed by atoms with Crippen LogP contribution in [0.15, 0.2) is 18.3 Å². The second-order valence-corrected chi connectivity index (χ2v) is 4.27. The third-order valence-electron chi connectivity index (χ3n) is 1.51. The highest BCUT2D eigenvalue weighted by atomic mass is 32.2. The predicted molar refractivity (Wildman–Crippen MR) is 44.1 cm³/mol. The first-order valence-electron chi connectivity index (χ1n) is 3.42. The summed E-state index contributed by atoms with van der Waals surface area (Å²) in [5.41, 5.74) is 0.826. The molecule has 0 amide bonds. The Balaban J connectivity index is 3.24. The largest absolute Gasteiger partial charge is 0.250 e. The van der Waals surface area contributed by atoms with E-state index >= 15 is 0 Å². The Morgan fingerprint density at radius 1 is 1.55 bits per heavy atom. The minimum absolute atomic E-state index is 0.736. The Hall–Kier alpha value is -0.770. The van der Waals surface area contributed by atoms with Crippen LogP contribution in [0.1, 0.15) is 12.6 Å². The number of hydrogen-bond donors (Lipinski definition) is 0. The SMILES string of the molecule is CCc1cccn1S(C)(=O)=O. The van der Waals surface area contributed by atoms with Gasteiger partial charge in [-0.2, -0.15) is 0 Å². The minimum Gasteiger partial charge on any atom is -0.250 e. The maximum atomic E-state index is 11.0. The molecule has 0 aliphatic heterocycles. The normalized spacial score (nSPS) is 11.8. The fourth-order valence-electron chi connectivity index (χ4n) is 0.999. The van der Waals surface area contributed by atoms with Gasteiger partial charge in [-0.05, 0) is 18.6 Å². The van der Waals surface area contributed by atoms with Crippen LogP contribution < -0.4 is 0 Å². The van der Waals surface area contributed by atoms with E-state index in [4.69, 9.17) is 0 Å². The summed E-state index contributed by atoms with van der Waals surface area (Å²) in [6.07, 6.45) is 3.50. The van der Waals surface area contributed by atoms with Crippen molar-refractivity contribution in [1.29, 1.82) is 0 Å². The van der Waals surface area contributed by atoms with Gasteiger partial charge in [0.2, 0.25) is 10.0 Å². The zero-order valence-corrected chi connectivity index (χ0v) is 7.43. The zero-order chi connectivity index (χ0) is 8.48. The molecule has 1 rings (SSSR count). The highest BCUT2D eigenvalue weighted by Gasteiger charge is 2.07. The van der Waals surface area contributed by atoms with Crippen LogP contribution in [-0.4, -0.2) is 18.6 Å². The molecule has 0 N–H and O–H groups in total. The van der Waals surface area contributed by atoms with E-state index in [-0.39, 0.29) is 0 Å². The lowest BCUT2D eigenvalue weighted by molar-refractivity contribution is 0.591. The lowest BCUT2D eigenvalue weighted by Crippen LogP contribution is -2.11. The first kappa shape index (κ1) is 8.33. The van der Waals surface area contributed by atoms with Crippen molar-refractivity contribution in [3.63, 3.8) is 0 Å². The summed E-state index contributed by atoms with van der Waals surface area (Å²) in [4.78, 5) is 0. The average Bonchev–Trinajstić information content (AvgIpc) is 2.31. The first-order chi connectivity index (χ1) is 5.05. The fraction of sp³-hybridized carbons (Fsp3) is 0.429. The molecule has 0 atom stereocenters. The van der Waals surface area contributed by atoms with Crippen LogP contribution in [0.2, 0.25) is 0 Å². The topological polar surface area (TPSA) is 39.1 Å². The maximum Gasteiger partial charge on any atom is 0.235 e. The monoisotopic (exact) mass is 173 g/mol. The van der Waals surface area contributed by atoms with E-state index in [1.807, 2.05) is 6.92 Å². The fourth-order valence-corrected chi connectivity index (χ4v) is 1.91. The Morgan fingerprint density at radius 2 is 2.18 bits per heavy atom. The van der Waals surface area contributed by atoms with E-state index in [0.717, 1.165) is 12.1 Å². The molecule has 0 saturated heterocycles. The molecule has 0 aliphatic carbocycles. The predicted octanol–water partition coefficient (Wildman–Crippen LogP) is 0.858. The van der Waals surface area contributed by atoms with Gasteiger partial charge >= 0.3 is 0 Å². The number of nitrogens with zero attached hydrogens (tertiary/aromatic N) is 1. The first-order valence-corrected chi connectivity index (χ1v) is 5.27. The Bertz CT molecular complexity index is 337. The van der Waals surface area contributed by atoms with Crippen LogP contribution >= 0.6 is 0 Å². The van der Waals surface area contributed by atoms with Gasteiger partial charge < -0.3 is 0 Å². The lowest BCUT2D eigenvalue weighted by Gasteiger charge is -2.02.